The van der Waals surface area contributed by atoms with Crippen molar-refractivity contribution >= 4 is 17.4 Å². The van der Waals surface area contributed by atoms with Crippen LogP contribution in [0.15, 0.2) is 90.3 Å². The van der Waals surface area contributed by atoms with Crippen LogP contribution in [0.3, 0.4) is 0 Å². The van der Waals surface area contributed by atoms with Crippen molar-refractivity contribution in [2.24, 2.45) is 0 Å². The zero-order valence-electron chi connectivity index (χ0n) is 18.0. The number of rotatable bonds is 7. The van der Waals surface area contributed by atoms with Gasteiger partial charge in [0.05, 0.1) is 23.7 Å². The Kier molecular flexibility index (Phi) is 6.04. The van der Waals surface area contributed by atoms with Crippen LogP contribution in [0.4, 0.5) is 4.39 Å². The molecule has 0 atom stereocenters. The highest BCUT2D eigenvalue weighted by Gasteiger charge is 2.18. The van der Waals surface area contributed by atoms with Crippen LogP contribution in [0.25, 0.3) is 28.3 Å². The Bertz CT molecular complexity index is 1400. The van der Waals surface area contributed by atoms with Crippen LogP contribution in [0.1, 0.15) is 5.56 Å². The Hall–Kier alpha value is -3.71. The maximum absolute atomic E-state index is 13.1. The van der Waals surface area contributed by atoms with Gasteiger partial charge in [0, 0.05) is 24.4 Å². The number of aromatic nitrogens is 4. The second-order valence-electron chi connectivity index (χ2n) is 7.42. The van der Waals surface area contributed by atoms with Gasteiger partial charge in [-0.25, -0.2) is 19.3 Å². The highest BCUT2D eigenvalue weighted by atomic mass is 32.2. The molecule has 2 aromatic carbocycles. The molecule has 0 radical (unpaired) electrons. The summed E-state index contributed by atoms with van der Waals surface area (Å²) in [5, 5.41) is 0.710. The lowest BCUT2D eigenvalue weighted by Gasteiger charge is -2.09. The second-order valence-corrected chi connectivity index (χ2v) is 8.19. The number of halogens is 1. The molecule has 7 heteroatoms. The van der Waals surface area contributed by atoms with E-state index in [1.807, 2.05) is 65.4 Å². The maximum Gasteiger partial charge on any atom is 0.187 e. The molecule has 0 aliphatic rings. The van der Waals surface area contributed by atoms with Crippen LogP contribution in [-0.4, -0.2) is 32.2 Å². The number of pyridine rings is 1. The van der Waals surface area contributed by atoms with Gasteiger partial charge in [0.25, 0.3) is 0 Å². The molecule has 0 saturated heterocycles. The van der Waals surface area contributed by atoms with Crippen molar-refractivity contribution in [1.82, 2.24) is 19.4 Å². The van der Waals surface area contributed by atoms with Crippen molar-refractivity contribution in [3.05, 3.63) is 96.6 Å². The molecule has 3 aromatic heterocycles. The monoisotopic (exact) mass is 456 g/mol. The molecule has 5 nitrogen and oxygen atoms in total. The molecular weight excluding hydrogens is 435 g/mol. The zero-order valence-corrected chi connectivity index (χ0v) is 18.8. The molecule has 0 aliphatic carbocycles. The van der Waals surface area contributed by atoms with Crippen molar-refractivity contribution in [2.75, 3.05) is 12.9 Å². The number of imidazole rings is 1. The van der Waals surface area contributed by atoms with Gasteiger partial charge < -0.3 is 4.74 Å². The molecule has 0 saturated carbocycles. The fourth-order valence-electron chi connectivity index (χ4n) is 3.68. The second kappa shape index (κ2) is 9.42. The summed E-state index contributed by atoms with van der Waals surface area (Å²) >= 11 is 1.51. The number of nitrogens with zero attached hydrogens (tertiary/aromatic N) is 4. The summed E-state index contributed by atoms with van der Waals surface area (Å²) in [5.41, 5.74) is 5.36. The largest absolute Gasteiger partial charge is 0.493 e. The van der Waals surface area contributed by atoms with Gasteiger partial charge in [-0.15, -0.1) is 0 Å². The molecule has 164 valence electrons. The maximum atomic E-state index is 13.1. The third-order valence-corrected chi connectivity index (χ3v) is 5.83. The number of hydrogen-bond acceptors (Lipinski definition) is 5. The first-order valence-corrected chi connectivity index (χ1v) is 11.8. The van der Waals surface area contributed by atoms with Gasteiger partial charge >= 0.3 is 0 Å². The summed E-state index contributed by atoms with van der Waals surface area (Å²) in [6.45, 7) is 0.496. The first-order valence-electron chi connectivity index (χ1n) is 10.5. The average Bonchev–Trinajstić information content (AvgIpc) is 3.25. The van der Waals surface area contributed by atoms with E-state index in [1.165, 1.54) is 23.9 Å². The quantitative estimate of drug-likeness (QED) is 0.224. The van der Waals surface area contributed by atoms with Crippen molar-refractivity contribution in [3.63, 3.8) is 0 Å². The van der Waals surface area contributed by atoms with Gasteiger partial charge in [-0.1, -0.05) is 42.1 Å². The third kappa shape index (κ3) is 4.59. The summed E-state index contributed by atoms with van der Waals surface area (Å²) in [6, 6.07) is 22.2. The van der Waals surface area contributed by atoms with E-state index < -0.39 is 0 Å². The van der Waals surface area contributed by atoms with Crippen LogP contribution in [-0.2, 0) is 6.42 Å². The van der Waals surface area contributed by atoms with E-state index in [9.17, 15) is 4.39 Å². The lowest BCUT2D eigenvalue weighted by Crippen LogP contribution is -2.01. The number of ether oxygens (including phenoxy) is 1. The van der Waals surface area contributed by atoms with Gasteiger partial charge in [-0.3, -0.25) is 4.40 Å². The Labute approximate surface area is 195 Å². The summed E-state index contributed by atoms with van der Waals surface area (Å²) in [6.07, 6.45) is 6.42. The predicted octanol–water partition coefficient (Wildman–Crippen LogP) is 5.94. The van der Waals surface area contributed by atoms with Gasteiger partial charge in [0.1, 0.15) is 17.2 Å². The lowest BCUT2D eigenvalue weighted by molar-refractivity contribution is 0.322. The SMILES string of the molecule is CSc1nccc(-c2c(-c3cccc(OCCc4ccc(F)cc4)c3)nc3ccccn23)n1. The molecular formula is C26H21FN4OS. The molecule has 5 rings (SSSR count). The standard InChI is InChI=1S/C26H21FN4OS/c1-33-26-28-14-12-22(29-26)25-24(30-23-7-2-3-15-31(23)25)19-5-4-6-21(17-19)32-16-13-18-8-10-20(27)11-9-18/h2-12,14-15,17H,13,16H2,1H3. The topological polar surface area (TPSA) is 52.3 Å². The molecule has 0 fully saturated rings. The van der Waals surface area contributed by atoms with Gasteiger partial charge in [-0.2, -0.15) is 0 Å². The number of benzene rings is 2. The number of thioether (sulfide) groups is 1. The summed E-state index contributed by atoms with van der Waals surface area (Å²) < 4.78 is 21.2. The van der Waals surface area contributed by atoms with E-state index in [2.05, 4.69) is 4.98 Å². The lowest BCUT2D eigenvalue weighted by atomic mass is 10.1. The fraction of sp³-hybridized carbons (Fsp3) is 0.115. The third-order valence-electron chi connectivity index (χ3n) is 5.27. The van der Waals surface area contributed by atoms with Gasteiger partial charge in [0.2, 0.25) is 0 Å². The molecule has 0 amide bonds. The van der Waals surface area contributed by atoms with Crippen molar-refractivity contribution in [2.45, 2.75) is 11.6 Å². The molecule has 5 aromatic rings. The Morgan fingerprint density at radius 2 is 1.85 bits per heavy atom. The van der Waals surface area contributed by atoms with Crippen LogP contribution in [0.5, 0.6) is 5.75 Å². The molecule has 0 unspecified atom stereocenters. The van der Waals surface area contributed by atoms with Crippen molar-refractivity contribution < 1.29 is 9.13 Å². The first-order chi connectivity index (χ1) is 16.2. The predicted molar refractivity (Wildman–Crippen MR) is 129 cm³/mol. The Morgan fingerprint density at radius 3 is 2.70 bits per heavy atom. The van der Waals surface area contributed by atoms with Crippen molar-refractivity contribution in [1.29, 1.82) is 0 Å². The summed E-state index contributed by atoms with van der Waals surface area (Å²) in [5.74, 6) is 0.522. The van der Waals surface area contributed by atoms with Crippen LogP contribution in [0, 0.1) is 5.82 Å². The average molecular weight is 457 g/mol. The molecule has 0 bridgehead atoms. The van der Waals surface area contributed by atoms with Crippen LogP contribution >= 0.6 is 11.8 Å². The minimum Gasteiger partial charge on any atom is -0.493 e. The minimum absolute atomic E-state index is 0.232. The zero-order chi connectivity index (χ0) is 22.6. The Morgan fingerprint density at radius 1 is 0.970 bits per heavy atom. The fourth-order valence-corrected chi connectivity index (χ4v) is 4.04. The summed E-state index contributed by atoms with van der Waals surface area (Å²) in [7, 11) is 0. The van der Waals surface area contributed by atoms with E-state index in [-0.39, 0.29) is 5.82 Å². The smallest absolute Gasteiger partial charge is 0.187 e. The van der Waals surface area contributed by atoms with E-state index in [0.29, 0.717) is 18.2 Å². The number of fused-ring (bicyclic) bond motifs is 1. The van der Waals surface area contributed by atoms with Gasteiger partial charge in [-0.05, 0) is 54.3 Å². The highest BCUT2D eigenvalue weighted by molar-refractivity contribution is 7.98. The molecule has 0 aliphatic heterocycles. The molecule has 0 spiro atoms. The normalized spacial score (nSPS) is 11.1. The first kappa shape index (κ1) is 21.2. The minimum atomic E-state index is -0.232. The Balaban J connectivity index is 1.47. The summed E-state index contributed by atoms with van der Waals surface area (Å²) in [4.78, 5) is 13.9. The van der Waals surface area contributed by atoms with Crippen LogP contribution in [0.2, 0.25) is 0 Å². The van der Waals surface area contributed by atoms with E-state index in [0.717, 1.165) is 39.6 Å². The van der Waals surface area contributed by atoms with Crippen LogP contribution < -0.4 is 4.74 Å². The molecule has 0 N–H and O–H groups in total. The molecule has 3 heterocycles. The van der Waals surface area contributed by atoms with Crippen molar-refractivity contribution in [3.8, 4) is 28.4 Å². The van der Waals surface area contributed by atoms with E-state index >= 15 is 0 Å². The van der Waals surface area contributed by atoms with E-state index in [4.69, 9.17) is 14.7 Å². The molecule has 33 heavy (non-hydrogen) atoms. The highest BCUT2D eigenvalue weighted by Crippen LogP contribution is 2.33. The van der Waals surface area contributed by atoms with E-state index in [1.54, 1.807) is 18.3 Å². The van der Waals surface area contributed by atoms with Gasteiger partial charge in [0.15, 0.2) is 5.16 Å². The number of hydrogen-bond donors (Lipinski definition) is 0.